The van der Waals surface area contributed by atoms with E-state index in [0.29, 0.717) is 5.75 Å². The third kappa shape index (κ3) is 8.40. The average Bonchev–Trinajstić information content (AvgIpc) is 2.75. The number of phenols is 1. The largest absolute Gasteiger partial charge is 1.00 e. The molecule has 1 aromatic carbocycles. The molecule has 0 saturated carbocycles. The van der Waals surface area contributed by atoms with Crippen LogP contribution >= 0.6 is 7.26 Å². The fourth-order valence-corrected chi connectivity index (χ4v) is 10.0. The molecule has 0 bridgehead atoms. The summed E-state index contributed by atoms with van der Waals surface area (Å²) in [6, 6.07) is 5.58. The molecule has 0 aliphatic rings. The predicted molar refractivity (Wildman–Crippen MR) is 126 cm³/mol. The Hall–Kier alpha value is -0.173. The number of benzene rings is 1. The van der Waals surface area contributed by atoms with Crippen LogP contribution in [0, 0.1) is 0 Å². The molecular weight excluding hydrogens is 483 g/mol. The van der Waals surface area contributed by atoms with Gasteiger partial charge in [-0.1, -0.05) is 40.0 Å². The van der Waals surface area contributed by atoms with Crippen LogP contribution in [0.15, 0.2) is 18.2 Å². The number of phenolic OH excluding ortho intramolecular Hbond substituents is 1. The second-order valence-corrected chi connectivity index (χ2v) is 14.6. The number of hydrogen-bond donors (Lipinski definition) is 1. The van der Waals surface area contributed by atoms with Gasteiger partial charge < -0.3 is 40.1 Å². The maximum absolute atomic E-state index is 10.3. The number of aromatic hydroxyl groups is 1. The maximum atomic E-state index is 10.3. The lowest BCUT2D eigenvalue weighted by Crippen LogP contribution is -3.00. The molecule has 0 fully saturated rings. The first-order valence-electron chi connectivity index (χ1n) is 10.9. The van der Waals surface area contributed by atoms with Crippen LogP contribution < -0.4 is 27.0 Å². The van der Waals surface area contributed by atoms with Crippen LogP contribution in [0.5, 0.6) is 11.5 Å². The monoisotopic (exact) mass is 524 g/mol. The molecule has 0 aliphatic heterocycles. The van der Waals surface area contributed by atoms with Crippen molar-refractivity contribution in [3.63, 3.8) is 0 Å². The SMILES string of the molecule is CCCC[P+](CCCC)(CCCC)c1cc(O)ccc1OC[Si](OC)(OC)OC.[Br-]. The van der Waals surface area contributed by atoms with Gasteiger partial charge in [-0.25, -0.2) is 0 Å². The fourth-order valence-electron chi connectivity index (χ4n) is 3.67. The lowest BCUT2D eigenvalue weighted by molar-refractivity contribution is -0.0000118. The van der Waals surface area contributed by atoms with Gasteiger partial charge in [0.1, 0.15) is 11.1 Å². The first kappa shape index (κ1) is 29.8. The Balaban J connectivity index is 0.00000841. The summed E-state index contributed by atoms with van der Waals surface area (Å²) in [5, 5.41) is 11.6. The van der Waals surface area contributed by atoms with Gasteiger partial charge in [-0.2, -0.15) is 0 Å². The van der Waals surface area contributed by atoms with Crippen LogP contribution in [-0.2, 0) is 13.3 Å². The first-order valence-corrected chi connectivity index (χ1v) is 15.2. The van der Waals surface area contributed by atoms with E-state index in [1.807, 2.05) is 12.1 Å². The van der Waals surface area contributed by atoms with Gasteiger partial charge in [0.05, 0.1) is 25.7 Å². The number of halogens is 1. The van der Waals surface area contributed by atoms with Gasteiger partial charge in [-0.15, -0.1) is 0 Å². The molecule has 0 aromatic heterocycles. The molecule has 176 valence electrons. The summed E-state index contributed by atoms with van der Waals surface area (Å²) in [7, 11) is 0.489. The molecule has 0 unspecified atom stereocenters. The minimum absolute atomic E-state index is 0. The molecule has 0 saturated heterocycles. The lowest BCUT2D eigenvalue weighted by Gasteiger charge is -2.30. The molecule has 30 heavy (non-hydrogen) atoms. The highest BCUT2D eigenvalue weighted by atomic mass is 79.9. The Morgan fingerprint density at radius 3 is 1.70 bits per heavy atom. The number of rotatable bonds is 16. The zero-order valence-corrected chi connectivity index (χ0v) is 23.2. The normalized spacial score (nSPS) is 11.9. The highest BCUT2D eigenvalue weighted by Crippen LogP contribution is 2.61. The molecule has 0 heterocycles. The molecular formula is C22H42BrO5PSi. The van der Waals surface area contributed by atoms with E-state index in [1.165, 1.54) is 62.3 Å². The van der Waals surface area contributed by atoms with Gasteiger partial charge >= 0.3 is 8.80 Å². The van der Waals surface area contributed by atoms with Crippen LogP contribution in [0.4, 0.5) is 0 Å². The molecule has 0 aliphatic carbocycles. The number of unbranched alkanes of at least 4 members (excludes halogenated alkanes) is 3. The predicted octanol–water partition coefficient (Wildman–Crippen LogP) is 2.24. The zero-order chi connectivity index (χ0) is 21.8. The maximum Gasteiger partial charge on any atom is 0.539 e. The van der Waals surface area contributed by atoms with Gasteiger partial charge in [0.2, 0.25) is 0 Å². The van der Waals surface area contributed by atoms with Crippen molar-refractivity contribution >= 4 is 21.4 Å². The lowest BCUT2D eigenvalue weighted by atomic mass is 10.3. The van der Waals surface area contributed by atoms with E-state index in [0.717, 1.165) is 5.75 Å². The standard InChI is InChI=1S/C22H41O5PSi.BrH/c1-7-10-15-28(16-11-8-2,17-12-9-3)22-18-20(23)13-14-21(22)27-19-29(24-4,25-5)26-6;/h13-14,18H,7-12,15-17,19H2,1-6H3;1H. The highest BCUT2D eigenvalue weighted by molar-refractivity contribution is 7.83. The van der Waals surface area contributed by atoms with Gasteiger partial charge in [0, 0.05) is 27.4 Å². The Bertz CT molecular complexity index is 557. The minimum Gasteiger partial charge on any atom is -1.00 e. The van der Waals surface area contributed by atoms with Crippen molar-refractivity contribution in [1.29, 1.82) is 0 Å². The molecule has 1 rings (SSSR count). The van der Waals surface area contributed by atoms with E-state index in [4.69, 9.17) is 18.0 Å². The van der Waals surface area contributed by atoms with Crippen molar-refractivity contribution in [3.8, 4) is 11.5 Å². The molecule has 1 N–H and O–H groups in total. The van der Waals surface area contributed by atoms with Crippen LogP contribution in [0.1, 0.15) is 59.3 Å². The fraction of sp³-hybridized carbons (Fsp3) is 0.727. The van der Waals surface area contributed by atoms with E-state index in [1.54, 1.807) is 27.4 Å². The summed E-state index contributed by atoms with van der Waals surface area (Å²) in [5.41, 5.74) is 0. The third-order valence-electron chi connectivity index (χ3n) is 5.61. The van der Waals surface area contributed by atoms with Gasteiger partial charge in [-0.3, -0.25) is 0 Å². The van der Waals surface area contributed by atoms with Crippen LogP contribution in [0.2, 0.25) is 0 Å². The van der Waals surface area contributed by atoms with Gasteiger partial charge in [0.15, 0.2) is 12.0 Å². The van der Waals surface area contributed by atoms with E-state index in [9.17, 15) is 5.11 Å². The molecule has 0 radical (unpaired) electrons. The molecule has 0 amide bonds. The summed E-state index contributed by atoms with van der Waals surface area (Å²) in [4.78, 5) is 0. The third-order valence-corrected chi connectivity index (χ3v) is 12.9. The summed E-state index contributed by atoms with van der Waals surface area (Å²) >= 11 is 0. The topological polar surface area (TPSA) is 57.2 Å². The molecule has 1 aromatic rings. The van der Waals surface area contributed by atoms with E-state index >= 15 is 0 Å². The zero-order valence-electron chi connectivity index (χ0n) is 19.7. The number of hydrogen-bond acceptors (Lipinski definition) is 5. The number of ether oxygens (including phenoxy) is 1. The van der Waals surface area contributed by atoms with Crippen molar-refractivity contribution < 1.29 is 40.1 Å². The smallest absolute Gasteiger partial charge is 0.539 e. The Morgan fingerprint density at radius 2 is 1.30 bits per heavy atom. The van der Waals surface area contributed by atoms with Crippen molar-refractivity contribution in [2.45, 2.75) is 59.3 Å². The Morgan fingerprint density at radius 1 is 0.833 bits per heavy atom. The first-order chi connectivity index (χ1) is 14.0. The summed E-state index contributed by atoms with van der Waals surface area (Å²) in [6.07, 6.45) is 11.1. The van der Waals surface area contributed by atoms with E-state index in [2.05, 4.69) is 20.8 Å². The molecule has 0 atom stereocenters. The average molecular weight is 526 g/mol. The van der Waals surface area contributed by atoms with Crippen molar-refractivity contribution in [2.75, 3.05) is 46.0 Å². The minimum atomic E-state index is -2.84. The van der Waals surface area contributed by atoms with E-state index < -0.39 is 16.1 Å². The quantitative estimate of drug-likeness (QED) is 0.265. The van der Waals surface area contributed by atoms with Gasteiger partial charge in [-0.05, 0) is 31.4 Å². The van der Waals surface area contributed by atoms with Crippen molar-refractivity contribution in [3.05, 3.63) is 18.2 Å². The second-order valence-electron chi connectivity index (χ2n) is 7.61. The van der Waals surface area contributed by atoms with Crippen molar-refractivity contribution in [2.24, 2.45) is 0 Å². The molecule has 5 nitrogen and oxygen atoms in total. The summed E-state index contributed by atoms with van der Waals surface area (Å²) in [5.74, 6) is 1.16. The van der Waals surface area contributed by atoms with E-state index in [-0.39, 0.29) is 23.2 Å². The van der Waals surface area contributed by atoms with Crippen LogP contribution in [-0.4, -0.2) is 60.0 Å². The summed E-state index contributed by atoms with van der Waals surface area (Å²) in [6.45, 7) is 6.76. The Kier molecular flexibility index (Phi) is 15.5. The van der Waals surface area contributed by atoms with Gasteiger partial charge in [0.25, 0.3) is 0 Å². The molecule has 0 spiro atoms. The van der Waals surface area contributed by atoms with Crippen LogP contribution in [0.3, 0.4) is 0 Å². The highest BCUT2D eigenvalue weighted by Gasteiger charge is 2.43. The van der Waals surface area contributed by atoms with Crippen LogP contribution in [0.25, 0.3) is 0 Å². The van der Waals surface area contributed by atoms with Crippen molar-refractivity contribution in [1.82, 2.24) is 0 Å². The summed E-state index contributed by atoms with van der Waals surface area (Å²) < 4.78 is 22.9. The molecule has 8 heteroatoms. The second kappa shape index (κ2) is 15.6. The Labute approximate surface area is 196 Å².